The van der Waals surface area contributed by atoms with Crippen molar-refractivity contribution in [1.29, 1.82) is 10.5 Å². The van der Waals surface area contributed by atoms with Crippen molar-refractivity contribution in [2.24, 2.45) is 37.2 Å². The molecule has 30 heavy (non-hydrogen) atoms. The number of hydrogen-bond donors (Lipinski definition) is 2. The molecule has 3 atom stereocenters. The van der Waals surface area contributed by atoms with Crippen molar-refractivity contribution in [3.05, 3.63) is 0 Å². The van der Waals surface area contributed by atoms with E-state index in [1.165, 1.54) is 0 Å². The van der Waals surface area contributed by atoms with Gasteiger partial charge in [-0.3, -0.25) is 9.98 Å². The van der Waals surface area contributed by atoms with Gasteiger partial charge in [0, 0.05) is 26.9 Å². The van der Waals surface area contributed by atoms with E-state index in [9.17, 15) is 5.26 Å². The Balaban J connectivity index is 2.55. The van der Waals surface area contributed by atoms with Gasteiger partial charge in [-0.1, -0.05) is 4.70 Å². The Kier molecular flexibility index (Phi) is 7.60. The number of aliphatic imine (C=N–C) groups is 2. The van der Waals surface area contributed by atoms with Crippen molar-refractivity contribution < 1.29 is 4.70 Å². The quantitative estimate of drug-likeness (QED) is 0.442. The van der Waals surface area contributed by atoms with Gasteiger partial charge in [0.1, 0.15) is 11.8 Å². The summed E-state index contributed by atoms with van der Waals surface area (Å²) in [5, 5.41) is 39.1. The third-order valence-electron chi connectivity index (χ3n) is 5.12. The van der Waals surface area contributed by atoms with Crippen LogP contribution < -0.4 is 10.6 Å². The highest BCUT2D eigenvalue weighted by molar-refractivity contribution is 5.92. The number of hydrogen-bond acceptors (Lipinski definition) is 9. The van der Waals surface area contributed by atoms with Crippen molar-refractivity contribution in [2.45, 2.75) is 58.8 Å². The van der Waals surface area contributed by atoms with Gasteiger partial charge in [-0.05, 0) is 32.8 Å². The van der Waals surface area contributed by atoms with E-state index in [1.807, 2.05) is 32.4 Å². The summed E-state index contributed by atoms with van der Waals surface area (Å²) in [5.41, 5.74) is -1.29. The molecule has 0 bridgehead atoms. The zero-order valence-corrected chi connectivity index (χ0v) is 18.8. The molecule has 0 spiro atoms. The minimum atomic E-state index is -0.650. The Morgan fingerprint density at radius 2 is 1.63 bits per heavy atom. The Labute approximate surface area is 178 Å². The Hall–Kier alpha value is -2.88. The Morgan fingerprint density at radius 3 is 2.13 bits per heavy atom. The van der Waals surface area contributed by atoms with Gasteiger partial charge in [0.2, 0.25) is 5.54 Å². The van der Waals surface area contributed by atoms with Crippen LogP contribution in [0.1, 0.15) is 41.5 Å². The van der Waals surface area contributed by atoms with Crippen LogP contribution in [-0.4, -0.2) is 66.3 Å². The third-order valence-corrected chi connectivity index (χ3v) is 5.12. The van der Waals surface area contributed by atoms with E-state index in [2.05, 4.69) is 43.0 Å². The summed E-state index contributed by atoms with van der Waals surface area (Å²) < 4.78 is 1.83. The van der Waals surface area contributed by atoms with Crippen molar-refractivity contribution in [3.8, 4) is 12.1 Å². The van der Waals surface area contributed by atoms with E-state index in [4.69, 9.17) is 10.4 Å². The summed E-state index contributed by atoms with van der Waals surface area (Å²) in [6.07, 6.45) is -0.637. The number of nitrogens with one attached hydrogen (secondary N) is 2. The summed E-state index contributed by atoms with van der Waals surface area (Å²) in [5.74, 6) is 0.882. The van der Waals surface area contributed by atoms with Crippen LogP contribution in [0.4, 0.5) is 0 Å². The maximum absolute atomic E-state index is 9.70. The van der Waals surface area contributed by atoms with Crippen molar-refractivity contribution >= 4 is 11.7 Å². The molecule has 0 radical (unpaired) electrons. The average molecular weight is 414 g/mol. The third kappa shape index (κ3) is 5.38. The molecule has 2 N–H and O–H groups in total. The van der Waals surface area contributed by atoms with Gasteiger partial charge in [0.25, 0.3) is 0 Å². The van der Waals surface area contributed by atoms with Gasteiger partial charge in [-0.25, -0.2) is 0 Å². The zero-order valence-electron chi connectivity index (χ0n) is 18.8. The van der Waals surface area contributed by atoms with Gasteiger partial charge in [0.05, 0.1) is 37.7 Å². The maximum Gasteiger partial charge on any atom is 0.304 e. The number of amidine groups is 2. The van der Waals surface area contributed by atoms with Crippen molar-refractivity contribution in [2.75, 3.05) is 32.7 Å². The van der Waals surface area contributed by atoms with Crippen molar-refractivity contribution in [3.63, 3.8) is 0 Å². The molecule has 10 nitrogen and oxygen atoms in total. The monoisotopic (exact) mass is 413 g/mol. The summed E-state index contributed by atoms with van der Waals surface area (Å²) in [6.45, 7) is 14.8. The molecule has 0 aliphatic carbocycles. The molecule has 0 amide bonds. The topological polar surface area (TPSA) is 136 Å². The fourth-order valence-electron chi connectivity index (χ4n) is 3.28. The molecule has 162 valence electrons. The molecule has 2 aliphatic rings. The largest absolute Gasteiger partial charge is 0.370 e. The van der Waals surface area contributed by atoms with Gasteiger partial charge in [-0.15, -0.1) is 5.11 Å². The standard InChI is InChI=1S/C20H33N10/c1-14(11-21)13-27-28-16(15(2)12-22)30(20(5,6)18-25-9-10-26-18)29-19(3,4)17-23-7-8-24-17/h14-16H,7-10,13H2,1-6H3,(H,23,24)(H,25,26)/q+1. The van der Waals surface area contributed by atoms with Gasteiger partial charge >= 0.3 is 6.17 Å². The first-order valence-corrected chi connectivity index (χ1v) is 10.4. The van der Waals surface area contributed by atoms with Crippen LogP contribution in [-0.2, 0) is 0 Å². The first-order chi connectivity index (χ1) is 14.1. The van der Waals surface area contributed by atoms with Gasteiger partial charge < -0.3 is 10.6 Å². The summed E-state index contributed by atoms with van der Waals surface area (Å²) >= 11 is 0. The SMILES string of the molecule is CC(C#N)CN=NC(C(C)C#N)[N+](=NC(C)(C)C1=NCCN1)C(C)(C)C1=NCCN1. The van der Waals surface area contributed by atoms with Crippen LogP contribution in [0.2, 0.25) is 0 Å². The summed E-state index contributed by atoms with van der Waals surface area (Å²) in [6, 6.07) is 4.44. The van der Waals surface area contributed by atoms with Crippen LogP contribution in [0.5, 0.6) is 0 Å². The molecule has 2 aliphatic heterocycles. The maximum atomic E-state index is 9.70. The molecule has 2 rings (SSSR count). The molecule has 0 fully saturated rings. The van der Waals surface area contributed by atoms with Crippen molar-refractivity contribution in [1.82, 2.24) is 10.6 Å². The van der Waals surface area contributed by atoms with Crippen LogP contribution >= 0.6 is 0 Å². The smallest absolute Gasteiger partial charge is 0.304 e. The molecule has 0 aromatic carbocycles. The fraction of sp³-hybridized carbons (Fsp3) is 0.800. The second-order valence-electron chi connectivity index (χ2n) is 8.68. The predicted octanol–water partition coefficient (Wildman–Crippen LogP) is 2.11. The van der Waals surface area contributed by atoms with Crippen LogP contribution in [0.15, 0.2) is 25.3 Å². The normalized spacial score (nSPS) is 20.5. The number of nitriles is 2. The lowest BCUT2D eigenvalue weighted by Crippen LogP contribution is -2.54. The molecule has 0 saturated heterocycles. The predicted molar refractivity (Wildman–Crippen MR) is 115 cm³/mol. The van der Waals surface area contributed by atoms with E-state index in [0.29, 0.717) is 6.54 Å². The van der Waals surface area contributed by atoms with E-state index < -0.39 is 23.2 Å². The lowest BCUT2D eigenvalue weighted by atomic mass is 9.99. The van der Waals surface area contributed by atoms with Crippen LogP contribution in [0.3, 0.4) is 0 Å². The molecular formula is C20H33N10+. The van der Waals surface area contributed by atoms with E-state index in [0.717, 1.165) is 31.3 Å². The summed E-state index contributed by atoms with van der Waals surface area (Å²) in [4.78, 5) is 9.15. The van der Waals surface area contributed by atoms with Crippen LogP contribution in [0.25, 0.3) is 0 Å². The average Bonchev–Trinajstić information content (AvgIpc) is 3.43. The number of nitrogens with zero attached hydrogens (tertiary/aromatic N) is 8. The fourth-order valence-corrected chi connectivity index (χ4v) is 3.28. The highest BCUT2D eigenvalue weighted by atomic mass is 15.4. The molecular weight excluding hydrogens is 380 g/mol. The molecule has 10 heteroatoms. The van der Waals surface area contributed by atoms with E-state index in [-0.39, 0.29) is 12.5 Å². The first-order valence-electron chi connectivity index (χ1n) is 10.4. The molecule has 0 saturated carbocycles. The van der Waals surface area contributed by atoms with Crippen LogP contribution in [0, 0.1) is 34.5 Å². The second-order valence-corrected chi connectivity index (χ2v) is 8.68. The zero-order chi connectivity index (χ0) is 22.4. The Morgan fingerprint density at radius 1 is 1.03 bits per heavy atom. The Bertz CT molecular complexity index is 822. The minimum absolute atomic E-state index is 0.250. The minimum Gasteiger partial charge on any atom is -0.370 e. The van der Waals surface area contributed by atoms with Gasteiger partial charge in [0.15, 0.2) is 11.4 Å². The van der Waals surface area contributed by atoms with E-state index >= 15 is 0 Å². The molecule has 0 aromatic rings. The summed E-state index contributed by atoms with van der Waals surface area (Å²) in [7, 11) is 0. The lowest BCUT2D eigenvalue weighted by molar-refractivity contribution is -0.681. The lowest BCUT2D eigenvalue weighted by Gasteiger charge is -2.28. The second kappa shape index (κ2) is 9.75. The van der Waals surface area contributed by atoms with E-state index in [1.54, 1.807) is 13.8 Å². The number of rotatable bonds is 9. The molecule has 0 aromatic heterocycles. The van der Waals surface area contributed by atoms with Gasteiger partial charge in [-0.2, -0.15) is 15.6 Å². The molecule has 2 heterocycles. The highest BCUT2D eigenvalue weighted by Crippen LogP contribution is 2.25. The molecule has 3 unspecified atom stereocenters. The number of azo groups is 3. The highest BCUT2D eigenvalue weighted by Gasteiger charge is 2.49. The first kappa shape index (κ1) is 23.4.